The molecule has 0 saturated heterocycles. The second kappa shape index (κ2) is 6.37. The lowest BCUT2D eigenvalue weighted by Crippen LogP contribution is -2.08. The van der Waals surface area contributed by atoms with E-state index >= 15 is 0 Å². The van der Waals surface area contributed by atoms with Gasteiger partial charge in [-0.05, 0) is 18.2 Å². The maximum atomic E-state index is 12.8. The molecule has 1 aromatic heterocycles. The number of para-hydroxylation sites is 1. The van der Waals surface area contributed by atoms with Crippen LogP contribution in [0, 0.1) is 0 Å². The van der Waals surface area contributed by atoms with Crippen LogP contribution in [0.25, 0.3) is 10.2 Å². The zero-order valence-electron chi connectivity index (χ0n) is 11.7. The number of thiazole rings is 1. The molecule has 0 spiro atoms. The van der Waals surface area contributed by atoms with Crippen LogP contribution in [-0.2, 0) is 17.6 Å². The minimum atomic E-state index is -4.42. The molecule has 0 aliphatic heterocycles. The molecule has 3 nitrogen and oxygen atoms in total. The fourth-order valence-electron chi connectivity index (χ4n) is 2.04. The van der Waals surface area contributed by atoms with Gasteiger partial charge < -0.3 is 4.84 Å². The number of benzene rings is 2. The molecule has 0 N–H and O–H groups in total. The Morgan fingerprint density at radius 2 is 1.83 bits per heavy atom. The van der Waals surface area contributed by atoms with Crippen molar-refractivity contribution in [3.05, 3.63) is 64.7 Å². The van der Waals surface area contributed by atoms with Crippen LogP contribution in [0.3, 0.4) is 0 Å². The first-order chi connectivity index (χ1) is 11.0. The van der Waals surface area contributed by atoms with Gasteiger partial charge >= 0.3 is 6.18 Å². The fourth-order valence-corrected chi connectivity index (χ4v) is 2.91. The van der Waals surface area contributed by atoms with Crippen molar-refractivity contribution in [2.24, 2.45) is 5.16 Å². The maximum Gasteiger partial charge on any atom is 0.417 e. The molecule has 0 atom stereocenters. The first kappa shape index (κ1) is 15.5. The summed E-state index contributed by atoms with van der Waals surface area (Å²) in [6, 6.07) is 12.8. The molecule has 2 aromatic carbocycles. The summed E-state index contributed by atoms with van der Waals surface area (Å²) in [5, 5.41) is 4.34. The Kier molecular flexibility index (Phi) is 4.29. The number of halogens is 3. The van der Waals surface area contributed by atoms with Crippen molar-refractivity contribution >= 4 is 27.8 Å². The highest BCUT2D eigenvalue weighted by Gasteiger charge is 2.32. The molecule has 0 amide bonds. The van der Waals surface area contributed by atoms with Gasteiger partial charge in [0.25, 0.3) is 0 Å². The lowest BCUT2D eigenvalue weighted by Gasteiger charge is -2.08. The summed E-state index contributed by atoms with van der Waals surface area (Å²) in [5.74, 6) is 0. The Balaban J connectivity index is 1.68. The molecule has 0 saturated carbocycles. The van der Waals surface area contributed by atoms with E-state index in [1.807, 2.05) is 24.3 Å². The molecule has 3 aromatic rings. The first-order valence-corrected chi connectivity index (χ1v) is 7.52. The molecule has 0 aliphatic carbocycles. The van der Waals surface area contributed by atoms with E-state index in [0.29, 0.717) is 5.01 Å². The van der Waals surface area contributed by atoms with Crippen LogP contribution < -0.4 is 0 Å². The third-order valence-corrected chi connectivity index (χ3v) is 4.07. The number of nitrogens with zero attached hydrogens (tertiary/aromatic N) is 2. The van der Waals surface area contributed by atoms with Crippen molar-refractivity contribution in [2.45, 2.75) is 12.8 Å². The number of rotatable bonds is 4. The predicted octanol–water partition coefficient (Wildman–Crippen LogP) is 4.87. The highest BCUT2D eigenvalue weighted by molar-refractivity contribution is 7.18. The molecule has 0 radical (unpaired) electrons. The Bertz CT molecular complexity index is 809. The zero-order chi connectivity index (χ0) is 16.3. The van der Waals surface area contributed by atoms with E-state index < -0.39 is 11.7 Å². The number of aromatic nitrogens is 1. The van der Waals surface area contributed by atoms with Gasteiger partial charge in [0.15, 0.2) is 6.61 Å². The van der Waals surface area contributed by atoms with E-state index in [2.05, 4.69) is 10.1 Å². The van der Waals surface area contributed by atoms with Crippen molar-refractivity contribution in [3.63, 3.8) is 0 Å². The lowest BCUT2D eigenvalue weighted by molar-refractivity contribution is -0.137. The van der Waals surface area contributed by atoms with Crippen molar-refractivity contribution in [1.82, 2.24) is 4.98 Å². The van der Waals surface area contributed by atoms with Gasteiger partial charge in [-0.15, -0.1) is 11.3 Å². The molecular weight excluding hydrogens is 325 g/mol. The van der Waals surface area contributed by atoms with Crippen LogP contribution in [0.5, 0.6) is 0 Å². The molecule has 1 heterocycles. The summed E-state index contributed by atoms with van der Waals surface area (Å²) in [4.78, 5) is 9.42. The fraction of sp³-hybridized carbons (Fsp3) is 0.125. The molecule has 0 bridgehead atoms. The standard InChI is InChI=1S/C16H11F3N2OS/c17-16(18,19)12-6-2-1-5-11(12)9-20-22-10-15-21-13-7-3-4-8-14(13)23-15/h1-9H,10H2/b20-9-. The Morgan fingerprint density at radius 3 is 2.61 bits per heavy atom. The number of oxime groups is 1. The van der Waals surface area contributed by atoms with Gasteiger partial charge in [-0.25, -0.2) is 4.98 Å². The van der Waals surface area contributed by atoms with Crippen LogP contribution in [0.4, 0.5) is 13.2 Å². The van der Waals surface area contributed by atoms with E-state index in [9.17, 15) is 13.2 Å². The van der Waals surface area contributed by atoms with Gasteiger partial charge in [0.1, 0.15) is 5.01 Å². The van der Waals surface area contributed by atoms with Crippen LogP contribution in [0.15, 0.2) is 53.7 Å². The summed E-state index contributed by atoms with van der Waals surface area (Å²) in [7, 11) is 0. The van der Waals surface area contributed by atoms with Crippen molar-refractivity contribution in [1.29, 1.82) is 0 Å². The predicted molar refractivity (Wildman–Crippen MR) is 83.4 cm³/mol. The van der Waals surface area contributed by atoms with Crippen molar-refractivity contribution < 1.29 is 18.0 Å². The molecule has 0 unspecified atom stereocenters. The average Bonchev–Trinajstić information content (AvgIpc) is 2.94. The summed E-state index contributed by atoms with van der Waals surface area (Å²) >= 11 is 1.46. The topological polar surface area (TPSA) is 34.5 Å². The number of alkyl halides is 3. The SMILES string of the molecule is FC(F)(F)c1ccccc1/C=N\OCc1nc2ccccc2s1. The van der Waals surface area contributed by atoms with Gasteiger partial charge in [-0.3, -0.25) is 0 Å². The summed E-state index contributed by atoms with van der Waals surface area (Å²) in [6.45, 7) is 0.115. The quantitative estimate of drug-likeness (QED) is 0.503. The average molecular weight is 336 g/mol. The number of hydrogen-bond acceptors (Lipinski definition) is 4. The van der Waals surface area contributed by atoms with Gasteiger partial charge in [-0.2, -0.15) is 13.2 Å². The summed E-state index contributed by atoms with van der Waals surface area (Å²) < 4.78 is 39.5. The first-order valence-electron chi connectivity index (χ1n) is 6.70. The molecule has 0 fully saturated rings. The Labute approximate surface area is 134 Å². The molecule has 7 heteroatoms. The Hall–Kier alpha value is -2.41. The van der Waals surface area contributed by atoms with Crippen molar-refractivity contribution in [3.8, 4) is 0 Å². The zero-order valence-corrected chi connectivity index (χ0v) is 12.6. The maximum absolute atomic E-state index is 12.8. The van der Waals surface area contributed by atoms with Crippen LogP contribution >= 0.6 is 11.3 Å². The van der Waals surface area contributed by atoms with Gasteiger partial charge in [0.05, 0.1) is 22.0 Å². The summed E-state index contributed by atoms with van der Waals surface area (Å²) in [6.07, 6.45) is -3.36. The lowest BCUT2D eigenvalue weighted by atomic mass is 10.1. The number of fused-ring (bicyclic) bond motifs is 1. The molecule has 3 rings (SSSR count). The molecule has 23 heavy (non-hydrogen) atoms. The normalized spacial score (nSPS) is 12.1. The van der Waals surface area contributed by atoms with E-state index in [1.165, 1.54) is 29.5 Å². The van der Waals surface area contributed by atoms with E-state index in [4.69, 9.17) is 4.84 Å². The molecule has 118 valence electrons. The molecule has 0 aliphatic rings. The largest absolute Gasteiger partial charge is 0.417 e. The number of hydrogen-bond donors (Lipinski definition) is 0. The van der Waals surface area contributed by atoms with E-state index in [-0.39, 0.29) is 12.2 Å². The van der Waals surface area contributed by atoms with Gasteiger partial charge in [0.2, 0.25) is 0 Å². The highest BCUT2D eigenvalue weighted by Crippen LogP contribution is 2.31. The van der Waals surface area contributed by atoms with Gasteiger partial charge in [-0.1, -0.05) is 35.5 Å². The van der Waals surface area contributed by atoms with E-state index in [1.54, 1.807) is 0 Å². The van der Waals surface area contributed by atoms with Gasteiger partial charge in [0, 0.05) is 5.56 Å². The second-order valence-corrected chi connectivity index (χ2v) is 5.78. The minimum Gasteiger partial charge on any atom is -0.388 e. The third kappa shape index (κ3) is 3.68. The molecular formula is C16H11F3N2OS. The van der Waals surface area contributed by atoms with Crippen LogP contribution in [-0.4, -0.2) is 11.2 Å². The smallest absolute Gasteiger partial charge is 0.388 e. The van der Waals surface area contributed by atoms with Crippen molar-refractivity contribution in [2.75, 3.05) is 0 Å². The van der Waals surface area contributed by atoms with Crippen LogP contribution in [0.1, 0.15) is 16.1 Å². The Morgan fingerprint density at radius 1 is 1.09 bits per heavy atom. The monoisotopic (exact) mass is 336 g/mol. The third-order valence-electron chi connectivity index (χ3n) is 3.06. The minimum absolute atomic E-state index is 0.0377. The van der Waals surface area contributed by atoms with E-state index in [0.717, 1.165) is 22.5 Å². The highest BCUT2D eigenvalue weighted by atomic mass is 32.1. The summed E-state index contributed by atoms with van der Waals surface area (Å²) in [5.41, 5.74) is 0.0825. The second-order valence-electron chi connectivity index (χ2n) is 4.67. The van der Waals surface area contributed by atoms with Crippen LogP contribution in [0.2, 0.25) is 0 Å².